The van der Waals surface area contributed by atoms with Gasteiger partial charge in [-0.1, -0.05) is 13.0 Å². The van der Waals surface area contributed by atoms with Gasteiger partial charge < -0.3 is 10.1 Å². The highest BCUT2D eigenvalue weighted by atomic mass is 16.5. The molecule has 2 unspecified atom stereocenters. The highest BCUT2D eigenvalue weighted by Crippen LogP contribution is 2.16. The van der Waals surface area contributed by atoms with E-state index in [1.54, 1.807) is 7.11 Å². The Morgan fingerprint density at radius 3 is 2.87 bits per heavy atom. The number of nitrogens with zero attached hydrogens (tertiary/aromatic N) is 3. The maximum absolute atomic E-state index is 12.8. The molecule has 124 valence electrons. The molecule has 0 spiro atoms. The molecule has 6 nitrogen and oxygen atoms in total. The molecule has 0 bridgehead atoms. The molecular weight excluding hydrogens is 292 g/mol. The first-order valence-electron chi connectivity index (χ1n) is 8.04. The minimum atomic E-state index is -0.0920. The predicted molar refractivity (Wildman–Crippen MR) is 88.8 cm³/mol. The molecule has 1 N–H and O–H groups in total. The third-order valence-electron chi connectivity index (χ3n) is 4.56. The number of pyridine rings is 1. The molecule has 0 saturated carbocycles. The molecule has 0 aromatic carbocycles. The lowest BCUT2D eigenvalue weighted by atomic mass is 10.2. The second-order valence-electron chi connectivity index (χ2n) is 6.19. The van der Waals surface area contributed by atoms with Gasteiger partial charge >= 0.3 is 0 Å². The number of hydrogen-bond donors (Lipinski definition) is 1. The van der Waals surface area contributed by atoms with Gasteiger partial charge in [0.1, 0.15) is 11.3 Å². The Labute approximate surface area is 136 Å². The van der Waals surface area contributed by atoms with E-state index in [1.807, 2.05) is 36.6 Å². The summed E-state index contributed by atoms with van der Waals surface area (Å²) in [4.78, 5) is 19.6. The Morgan fingerprint density at radius 1 is 1.39 bits per heavy atom. The van der Waals surface area contributed by atoms with E-state index in [0.717, 1.165) is 36.5 Å². The highest BCUT2D eigenvalue weighted by Gasteiger charge is 2.34. The van der Waals surface area contributed by atoms with Gasteiger partial charge in [0, 0.05) is 26.4 Å². The minimum absolute atomic E-state index is 0.00205. The van der Waals surface area contributed by atoms with Crippen LogP contribution in [0.1, 0.15) is 28.7 Å². The maximum atomic E-state index is 12.8. The third-order valence-corrected chi connectivity index (χ3v) is 4.56. The van der Waals surface area contributed by atoms with E-state index in [0.29, 0.717) is 5.69 Å². The second-order valence-corrected chi connectivity index (χ2v) is 6.19. The molecule has 3 rings (SSSR count). The van der Waals surface area contributed by atoms with Gasteiger partial charge in [0.2, 0.25) is 0 Å². The summed E-state index contributed by atoms with van der Waals surface area (Å²) in [5, 5.41) is 3.13. The average molecular weight is 316 g/mol. The Hall–Kier alpha value is -1.92. The summed E-state index contributed by atoms with van der Waals surface area (Å²) in [5.41, 5.74) is 3.24. The molecule has 1 aliphatic rings. The second kappa shape index (κ2) is 6.29. The van der Waals surface area contributed by atoms with Gasteiger partial charge in [-0.2, -0.15) is 0 Å². The number of hydrogen-bond acceptors (Lipinski definition) is 4. The Balaban J connectivity index is 1.86. The Kier molecular flexibility index (Phi) is 4.37. The smallest absolute Gasteiger partial charge is 0.270 e. The number of rotatable bonds is 4. The van der Waals surface area contributed by atoms with Crippen molar-refractivity contribution < 1.29 is 9.53 Å². The molecule has 1 aliphatic heterocycles. The van der Waals surface area contributed by atoms with Gasteiger partial charge in [-0.3, -0.25) is 14.1 Å². The zero-order chi connectivity index (χ0) is 16.6. The van der Waals surface area contributed by atoms with Crippen molar-refractivity contribution >= 4 is 11.6 Å². The fourth-order valence-electron chi connectivity index (χ4n) is 3.27. The van der Waals surface area contributed by atoms with E-state index in [1.165, 1.54) is 0 Å². The molecule has 23 heavy (non-hydrogen) atoms. The first kappa shape index (κ1) is 16.0. The molecule has 0 radical (unpaired) electrons. The van der Waals surface area contributed by atoms with Crippen LogP contribution in [-0.2, 0) is 4.74 Å². The highest BCUT2D eigenvalue weighted by molar-refractivity contribution is 5.95. The third kappa shape index (κ3) is 2.96. The van der Waals surface area contributed by atoms with Crippen molar-refractivity contribution in [2.45, 2.75) is 32.9 Å². The number of aryl methyl sites for hydroxylation is 2. The zero-order valence-electron chi connectivity index (χ0n) is 14.2. The van der Waals surface area contributed by atoms with Crippen LogP contribution in [0.3, 0.4) is 0 Å². The van der Waals surface area contributed by atoms with Gasteiger partial charge in [0.15, 0.2) is 0 Å². The summed E-state index contributed by atoms with van der Waals surface area (Å²) in [5.74, 6) is -0.0920. The molecule has 2 atom stereocenters. The van der Waals surface area contributed by atoms with Crippen molar-refractivity contribution in [3.05, 3.63) is 35.3 Å². The maximum Gasteiger partial charge on any atom is 0.270 e. The zero-order valence-corrected chi connectivity index (χ0v) is 14.2. The number of ether oxygens (including phenoxy) is 1. The number of nitrogens with one attached hydrogen (secondary N) is 1. The van der Waals surface area contributed by atoms with E-state index in [-0.39, 0.29) is 18.1 Å². The number of likely N-dealkylation sites (N-methyl/N-ethyl adjacent to an activating group) is 1. The summed E-state index contributed by atoms with van der Waals surface area (Å²) < 4.78 is 7.40. The average Bonchev–Trinajstić information content (AvgIpc) is 3.06. The Morgan fingerprint density at radius 2 is 2.17 bits per heavy atom. The molecule has 1 amide bonds. The van der Waals surface area contributed by atoms with Crippen LogP contribution in [0.2, 0.25) is 0 Å². The summed E-state index contributed by atoms with van der Waals surface area (Å²) in [7, 11) is 1.70. The molecule has 0 aliphatic carbocycles. The number of carbonyl (C=O) groups is 1. The van der Waals surface area contributed by atoms with Gasteiger partial charge in [0.25, 0.3) is 5.91 Å². The molecule has 1 saturated heterocycles. The Bertz CT molecular complexity index is 725. The molecule has 6 heteroatoms. The normalized spacial score (nSPS) is 21.9. The quantitative estimate of drug-likeness (QED) is 0.926. The number of fused-ring (bicyclic) bond motifs is 1. The van der Waals surface area contributed by atoms with Crippen LogP contribution in [0.15, 0.2) is 18.3 Å². The number of aromatic nitrogens is 2. The number of likely N-dealkylation sites (tertiary alicyclic amines) is 1. The lowest BCUT2D eigenvalue weighted by Crippen LogP contribution is -2.44. The number of amides is 1. The van der Waals surface area contributed by atoms with Crippen molar-refractivity contribution in [3.63, 3.8) is 0 Å². The SMILES string of the molecule is CCN1CC(NC(=O)c2c(C)nc3ccc(C)cn23)C(OC)C1. The number of methoxy groups -OCH3 is 1. The van der Waals surface area contributed by atoms with Crippen LogP contribution < -0.4 is 5.32 Å². The lowest BCUT2D eigenvalue weighted by molar-refractivity contribution is 0.0758. The van der Waals surface area contributed by atoms with Crippen LogP contribution >= 0.6 is 0 Å². The van der Waals surface area contributed by atoms with Crippen LogP contribution in [0, 0.1) is 13.8 Å². The van der Waals surface area contributed by atoms with Crippen LogP contribution in [0.5, 0.6) is 0 Å². The van der Waals surface area contributed by atoms with E-state index < -0.39 is 0 Å². The fourth-order valence-corrected chi connectivity index (χ4v) is 3.27. The molecular formula is C17H24N4O2. The van der Waals surface area contributed by atoms with Crippen molar-refractivity contribution in [1.82, 2.24) is 19.6 Å². The first-order chi connectivity index (χ1) is 11.0. The van der Waals surface area contributed by atoms with Gasteiger partial charge in [-0.25, -0.2) is 4.98 Å². The van der Waals surface area contributed by atoms with Crippen LogP contribution in [-0.4, -0.2) is 59.1 Å². The van der Waals surface area contributed by atoms with Gasteiger partial charge in [-0.15, -0.1) is 0 Å². The monoisotopic (exact) mass is 316 g/mol. The van der Waals surface area contributed by atoms with Gasteiger partial charge in [0.05, 0.1) is 17.8 Å². The molecule has 2 aromatic heterocycles. The van der Waals surface area contributed by atoms with Gasteiger partial charge in [-0.05, 0) is 32.0 Å². The van der Waals surface area contributed by atoms with Crippen molar-refractivity contribution in [3.8, 4) is 0 Å². The van der Waals surface area contributed by atoms with E-state index in [9.17, 15) is 4.79 Å². The van der Waals surface area contributed by atoms with E-state index in [2.05, 4.69) is 22.1 Å². The summed E-state index contributed by atoms with van der Waals surface area (Å²) in [6, 6.07) is 3.94. The lowest BCUT2D eigenvalue weighted by Gasteiger charge is -2.18. The van der Waals surface area contributed by atoms with Crippen molar-refractivity contribution in [1.29, 1.82) is 0 Å². The summed E-state index contributed by atoms with van der Waals surface area (Å²) >= 11 is 0. The number of carbonyl (C=O) groups excluding carboxylic acids is 1. The molecule has 1 fully saturated rings. The summed E-state index contributed by atoms with van der Waals surface area (Å²) in [6.45, 7) is 8.62. The largest absolute Gasteiger partial charge is 0.378 e. The standard InChI is InChI=1S/C17H24N4O2/c1-5-20-9-13(14(10-20)23-4)19-17(22)16-12(3)18-15-7-6-11(2)8-21(15)16/h6-8,13-14H,5,9-10H2,1-4H3,(H,19,22). The number of imidazole rings is 1. The topological polar surface area (TPSA) is 58.9 Å². The van der Waals surface area contributed by atoms with E-state index in [4.69, 9.17) is 4.74 Å². The van der Waals surface area contributed by atoms with Crippen LogP contribution in [0.4, 0.5) is 0 Å². The molecule has 3 heterocycles. The van der Waals surface area contributed by atoms with Crippen LogP contribution in [0.25, 0.3) is 5.65 Å². The van der Waals surface area contributed by atoms with Crippen molar-refractivity contribution in [2.75, 3.05) is 26.7 Å². The molecule has 2 aromatic rings. The fraction of sp³-hybridized carbons (Fsp3) is 0.529. The first-order valence-corrected chi connectivity index (χ1v) is 8.04. The predicted octanol–water partition coefficient (Wildman–Crippen LogP) is 1.40. The van der Waals surface area contributed by atoms with E-state index >= 15 is 0 Å². The van der Waals surface area contributed by atoms with Crippen molar-refractivity contribution in [2.24, 2.45) is 0 Å². The minimum Gasteiger partial charge on any atom is -0.378 e. The summed E-state index contributed by atoms with van der Waals surface area (Å²) in [6.07, 6.45) is 1.98.